The van der Waals surface area contributed by atoms with Crippen LogP contribution in [-0.2, 0) is 16.0 Å². The number of alkyl halides is 3. The van der Waals surface area contributed by atoms with Crippen LogP contribution in [0.4, 0.5) is 13.2 Å². The van der Waals surface area contributed by atoms with Gasteiger partial charge in [-0.05, 0) is 54.8 Å². The molecule has 0 bridgehead atoms. The molecule has 0 fully saturated rings. The van der Waals surface area contributed by atoms with E-state index in [4.69, 9.17) is 0 Å². The van der Waals surface area contributed by atoms with Gasteiger partial charge in [-0.3, -0.25) is 0 Å². The molecule has 0 aliphatic heterocycles. The minimum absolute atomic E-state index is 0.0248. The van der Waals surface area contributed by atoms with E-state index in [9.17, 15) is 21.6 Å². The number of benzene rings is 2. The van der Waals surface area contributed by atoms with Crippen LogP contribution in [0, 0.1) is 6.92 Å². The Morgan fingerprint density at radius 3 is 2.17 bits per heavy atom. The van der Waals surface area contributed by atoms with E-state index in [0.717, 1.165) is 11.5 Å². The molecule has 0 N–H and O–H groups in total. The lowest BCUT2D eigenvalue weighted by molar-refractivity contribution is -0.137. The van der Waals surface area contributed by atoms with E-state index in [1.54, 1.807) is 41.8 Å². The monoisotopic (exact) mass is 433 g/mol. The van der Waals surface area contributed by atoms with Gasteiger partial charge in [0.2, 0.25) is 0 Å². The normalized spacial score (nSPS) is 12.8. The van der Waals surface area contributed by atoms with E-state index in [-0.39, 0.29) is 16.5 Å². The van der Waals surface area contributed by atoms with Crippen LogP contribution in [0.5, 0.6) is 0 Å². The van der Waals surface area contributed by atoms with Crippen molar-refractivity contribution in [2.75, 3.05) is 0 Å². The molecular formula is C23H22F3NO2S. The van der Waals surface area contributed by atoms with Crippen LogP contribution in [0.3, 0.4) is 0 Å². The van der Waals surface area contributed by atoms with Crippen LogP contribution in [0.2, 0.25) is 0 Å². The van der Waals surface area contributed by atoms with Crippen molar-refractivity contribution < 1.29 is 21.6 Å². The summed E-state index contributed by atoms with van der Waals surface area (Å²) in [5, 5.41) is 1.09. The van der Waals surface area contributed by atoms with Gasteiger partial charge in [-0.25, -0.2) is 8.42 Å². The fourth-order valence-corrected chi connectivity index (χ4v) is 4.34. The Morgan fingerprint density at radius 1 is 0.967 bits per heavy atom. The first-order valence-electron chi connectivity index (χ1n) is 9.39. The first-order valence-corrected chi connectivity index (χ1v) is 10.9. The predicted octanol–water partition coefficient (Wildman–Crippen LogP) is 6.37. The molecule has 0 radical (unpaired) electrons. The molecule has 0 saturated carbocycles. The maximum absolute atomic E-state index is 13.6. The molecule has 158 valence electrons. The van der Waals surface area contributed by atoms with Gasteiger partial charge in [-0.15, -0.1) is 0 Å². The number of aromatic nitrogens is 1. The molecule has 0 amide bonds. The Balaban J connectivity index is 2.14. The average Bonchev–Trinajstić information content (AvgIpc) is 3.03. The second kappa shape index (κ2) is 8.14. The highest BCUT2D eigenvalue weighted by atomic mass is 32.2. The van der Waals surface area contributed by atoms with E-state index in [0.29, 0.717) is 17.0 Å². The Hall–Kier alpha value is -2.80. The second-order valence-electron chi connectivity index (χ2n) is 7.28. The lowest BCUT2D eigenvalue weighted by atomic mass is 10.1. The Labute approximate surface area is 174 Å². The molecule has 0 unspecified atom stereocenters. The zero-order valence-electron chi connectivity index (χ0n) is 16.8. The van der Waals surface area contributed by atoms with E-state index in [1.165, 1.54) is 30.3 Å². The van der Waals surface area contributed by atoms with Gasteiger partial charge in [0, 0.05) is 16.8 Å². The molecule has 3 aromatic rings. The second-order valence-corrected chi connectivity index (χ2v) is 9.11. The Morgan fingerprint density at radius 2 is 1.57 bits per heavy atom. The summed E-state index contributed by atoms with van der Waals surface area (Å²) in [5.74, 6) is -0.0714. The number of halogens is 3. The van der Waals surface area contributed by atoms with Crippen LogP contribution < -0.4 is 0 Å². The first-order chi connectivity index (χ1) is 14.0. The van der Waals surface area contributed by atoms with E-state index in [2.05, 4.69) is 0 Å². The molecular weight excluding hydrogens is 411 g/mol. The Bertz CT molecular complexity index is 1170. The van der Waals surface area contributed by atoms with Gasteiger partial charge in [0.1, 0.15) is 0 Å². The van der Waals surface area contributed by atoms with Gasteiger partial charge in [-0.2, -0.15) is 13.2 Å². The summed E-state index contributed by atoms with van der Waals surface area (Å²) in [6.45, 7) is 5.46. The maximum Gasteiger partial charge on any atom is 0.418 e. The minimum atomic E-state index is -4.51. The minimum Gasteiger partial charge on any atom is -0.317 e. The number of hydrogen-bond donors (Lipinski definition) is 0. The number of para-hydroxylation sites is 1. The molecule has 3 rings (SSSR count). The summed E-state index contributed by atoms with van der Waals surface area (Å²) in [5.41, 5.74) is 1.04. The molecule has 3 nitrogen and oxygen atoms in total. The maximum atomic E-state index is 13.6. The average molecular weight is 433 g/mol. The topological polar surface area (TPSA) is 39.1 Å². The van der Waals surface area contributed by atoms with Crippen LogP contribution in [0.25, 0.3) is 11.8 Å². The molecule has 7 heteroatoms. The molecule has 0 aliphatic rings. The lowest BCUT2D eigenvalue weighted by Gasteiger charge is -2.19. The van der Waals surface area contributed by atoms with E-state index < -0.39 is 21.6 Å². The van der Waals surface area contributed by atoms with Crippen LogP contribution in [0.1, 0.15) is 42.3 Å². The zero-order valence-corrected chi connectivity index (χ0v) is 17.6. The molecule has 1 heterocycles. The fourth-order valence-electron chi connectivity index (χ4n) is 3.32. The number of rotatable bonds is 5. The molecule has 0 atom stereocenters. The summed E-state index contributed by atoms with van der Waals surface area (Å²) in [4.78, 5) is 0.157. The molecule has 1 aromatic heterocycles. The molecule has 2 aromatic carbocycles. The summed E-state index contributed by atoms with van der Waals surface area (Å²) in [6, 6.07) is 15.1. The fraction of sp³-hybridized carbons (Fsp3) is 0.217. The highest BCUT2D eigenvalue weighted by Crippen LogP contribution is 2.37. The van der Waals surface area contributed by atoms with Crippen molar-refractivity contribution in [3.8, 4) is 5.69 Å². The smallest absolute Gasteiger partial charge is 0.317 e. The largest absolute Gasteiger partial charge is 0.418 e. The summed E-state index contributed by atoms with van der Waals surface area (Å²) >= 11 is 0. The van der Waals surface area contributed by atoms with Gasteiger partial charge in [0.25, 0.3) is 0 Å². The highest BCUT2D eigenvalue weighted by molar-refractivity contribution is 7.94. The predicted molar refractivity (Wildman–Crippen MR) is 112 cm³/mol. The third-order valence-electron chi connectivity index (χ3n) is 4.86. The van der Waals surface area contributed by atoms with Gasteiger partial charge < -0.3 is 4.57 Å². The van der Waals surface area contributed by atoms with Crippen LogP contribution >= 0.6 is 0 Å². The van der Waals surface area contributed by atoms with Crippen LogP contribution in [0.15, 0.2) is 71.0 Å². The zero-order chi connectivity index (χ0) is 22.1. The molecule has 0 saturated heterocycles. The van der Waals surface area contributed by atoms with Gasteiger partial charge in [-0.1, -0.05) is 44.2 Å². The van der Waals surface area contributed by atoms with Crippen molar-refractivity contribution in [3.63, 3.8) is 0 Å². The molecule has 30 heavy (non-hydrogen) atoms. The van der Waals surface area contributed by atoms with Crippen molar-refractivity contribution >= 4 is 15.9 Å². The van der Waals surface area contributed by atoms with Crippen molar-refractivity contribution in [2.45, 2.75) is 37.8 Å². The summed E-state index contributed by atoms with van der Waals surface area (Å²) in [6.07, 6.45) is -3.07. The number of hydrogen-bond acceptors (Lipinski definition) is 2. The molecule has 0 aliphatic carbocycles. The lowest BCUT2D eigenvalue weighted by Crippen LogP contribution is -2.13. The molecule has 0 spiro atoms. The van der Waals surface area contributed by atoms with E-state index >= 15 is 0 Å². The summed E-state index contributed by atoms with van der Waals surface area (Å²) in [7, 11) is -3.66. The van der Waals surface area contributed by atoms with Crippen molar-refractivity contribution in [1.29, 1.82) is 0 Å². The van der Waals surface area contributed by atoms with Gasteiger partial charge in [0.15, 0.2) is 9.84 Å². The van der Waals surface area contributed by atoms with E-state index in [1.807, 2.05) is 13.8 Å². The third-order valence-corrected chi connectivity index (χ3v) is 6.28. The third kappa shape index (κ3) is 4.36. The first kappa shape index (κ1) is 21.9. The number of nitrogens with zero attached hydrogens (tertiary/aromatic N) is 1. The highest BCUT2D eigenvalue weighted by Gasteiger charge is 2.34. The van der Waals surface area contributed by atoms with Crippen molar-refractivity contribution in [1.82, 2.24) is 4.57 Å². The summed E-state index contributed by atoms with van der Waals surface area (Å²) < 4.78 is 67.4. The SMILES string of the molecule is Cc1c(/C=C/S(=O)(=O)c2ccccc2)cc(C(C)C)n1-c1ccccc1C(F)(F)F. The van der Waals surface area contributed by atoms with Crippen LogP contribution in [-0.4, -0.2) is 13.0 Å². The standard InChI is InChI=1S/C23H22F3NO2S/c1-16(2)22-15-18(13-14-30(28,29)19-9-5-4-6-10-19)17(3)27(22)21-12-8-7-11-20(21)23(24,25)26/h4-16H,1-3H3/b14-13+. The Kier molecular flexibility index (Phi) is 5.94. The van der Waals surface area contributed by atoms with Crippen molar-refractivity contribution in [3.05, 3.63) is 88.6 Å². The number of sulfone groups is 1. The van der Waals surface area contributed by atoms with Crippen molar-refractivity contribution in [2.24, 2.45) is 0 Å². The van der Waals surface area contributed by atoms with Gasteiger partial charge >= 0.3 is 6.18 Å². The quantitative estimate of drug-likeness (QED) is 0.469. The van der Waals surface area contributed by atoms with Gasteiger partial charge in [0.05, 0.1) is 16.1 Å².